The normalized spacial score (nSPS) is 11.3. The molecule has 6 heteroatoms. The van der Waals surface area contributed by atoms with E-state index in [2.05, 4.69) is 13.8 Å². The first-order valence-corrected chi connectivity index (χ1v) is 6.75. The summed E-state index contributed by atoms with van der Waals surface area (Å²) in [5, 5.41) is 36.5. The van der Waals surface area contributed by atoms with E-state index in [-0.39, 0.29) is 5.41 Å². The van der Waals surface area contributed by atoms with Gasteiger partial charge in [-0.25, -0.2) is 0 Å². The molecule has 21 heavy (non-hydrogen) atoms. The van der Waals surface area contributed by atoms with Crippen LogP contribution in [-0.2, 0) is 5.41 Å². The Morgan fingerprint density at radius 2 is 0.905 bits per heavy atom. The van der Waals surface area contributed by atoms with Gasteiger partial charge in [-0.1, -0.05) is 62.4 Å². The zero-order valence-corrected chi connectivity index (χ0v) is 12.1. The van der Waals surface area contributed by atoms with Gasteiger partial charge in [0.2, 0.25) is 0 Å². The molecule has 0 amide bonds. The van der Waals surface area contributed by atoms with Gasteiger partial charge in [0.15, 0.2) is 0 Å². The lowest BCUT2D eigenvalue weighted by Gasteiger charge is -2.26. The molecule has 0 unspecified atom stereocenters. The SMILES string of the molecule is CC(C)(c1ccc(B(O)O)cc1)c1ccc(B(O)O)cc1. The van der Waals surface area contributed by atoms with Crippen molar-refractivity contribution in [1.82, 2.24) is 0 Å². The highest BCUT2D eigenvalue weighted by molar-refractivity contribution is 6.58. The van der Waals surface area contributed by atoms with Crippen LogP contribution in [0.2, 0.25) is 0 Å². The van der Waals surface area contributed by atoms with Crippen molar-refractivity contribution in [2.45, 2.75) is 19.3 Å². The Morgan fingerprint density at radius 1 is 0.619 bits per heavy atom. The van der Waals surface area contributed by atoms with Crippen molar-refractivity contribution < 1.29 is 20.1 Å². The molecule has 108 valence electrons. The van der Waals surface area contributed by atoms with Crippen LogP contribution in [0.4, 0.5) is 0 Å². The van der Waals surface area contributed by atoms with Gasteiger partial charge in [-0.3, -0.25) is 0 Å². The van der Waals surface area contributed by atoms with Crippen LogP contribution in [0.5, 0.6) is 0 Å². The Hall–Kier alpha value is -1.59. The highest BCUT2D eigenvalue weighted by Crippen LogP contribution is 2.30. The summed E-state index contributed by atoms with van der Waals surface area (Å²) in [7, 11) is -2.93. The summed E-state index contributed by atoms with van der Waals surface area (Å²) in [6, 6.07) is 14.2. The summed E-state index contributed by atoms with van der Waals surface area (Å²) < 4.78 is 0. The van der Waals surface area contributed by atoms with Crippen LogP contribution < -0.4 is 10.9 Å². The second-order valence-electron chi connectivity index (χ2n) is 5.62. The van der Waals surface area contributed by atoms with Crippen molar-refractivity contribution in [3.05, 3.63) is 59.7 Å². The zero-order valence-electron chi connectivity index (χ0n) is 12.1. The van der Waals surface area contributed by atoms with Crippen molar-refractivity contribution >= 4 is 25.2 Å². The molecule has 0 bridgehead atoms. The summed E-state index contributed by atoms with van der Waals surface area (Å²) in [4.78, 5) is 0. The topological polar surface area (TPSA) is 80.9 Å². The molecule has 2 aromatic carbocycles. The summed E-state index contributed by atoms with van der Waals surface area (Å²) in [5.41, 5.74) is 2.69. The second-order valence-corrected chi connectivity index (χ2v) is 5.62. The Balaban J connectivity index is 2.31. The molecule has 0 aliphatic rings. The second kappa shape index (κ2) is 6.03. The fourth-order valence-electron chi connectivity index (χ4n) is 2.31. The number of hydrogen-bond acceptors (Lipinski definition) is 4. The van der Waals surface area contributed by atoms with Crippen molar-refractivity contribution in [2.75, 3.05) is 0 Å². The van der Waals surface area contributed by atoms with Gasteiger partial charge in [-0.15, -0.1) is 0 Å². The monoisotopic (exact) mass is 284 g/mol. The molecule has 2 rings (SSSR count). The minimum Gasteiger partial charge on any atom is -0.423 e. The molecular formula is C15H18B2O4. The van der Waals surface area contributed by atoms with E-state index in [1.165, 1.54) is 0 Å². The third kappa shape index (κ3) is 3.36. The van der Waals surface area contributed by atoms with Gasteiger partial charge >= 0.3 is 14.2 Å². The largest absolute Gasteiger partial charge is 0.488 e. The molecule has 4 N–H and O–H groups in total. The average Bonchev–Trinajstić information content (AvgIpc) is 2.47. The van der Waals surface area contributed by atoms with Crippen LogP contribution in [0, 0.1) is 0 Å². The molecule has 2 aromatic rings. The lowest BCUT2D eigenvalue weighted by molar-refractivity contribution is 0.424. The highest BCUT2D eigenvalue weighted by Gasteiger charge is 2.24. The summed E-state index contributed by atoms with van der Waals surface area (Å²) in [6.45, 7) is 4.11. The van der Waals surface area contributed by atoms with Crippen LogP contribution in [0.25, 0.3) is 0 Å². The minimum atomic E-state index is -1.47. The van der Waals surface area contributed by atoms with Crippen LogP contribution in [0.15, 0.2) is 48.5 Å². The van der Waals surface area contributed by atoms with Crippen LogP contribution in [0.1, 0.15) is 25.0 Å². The Bertz CT molecular complexity index is 539. The van der Waals surface area contributed by atoms with Gasteiger partial charge in [-0.2, -0.15) is 0 Å². The molecule has 0 fully saturated rings. The molecule has 0 heterocycles. The maximum absolute atomic E-state index is 9.13. The predicted octanol–water partition coefficient (Wildman–Crippen LogP) is -0.628. The van der Waals surface area contributed by atoms with E-state index in [9.17, 15) is 0 Å². The third-order valence-corrected chi connectivity index (χ3v) is 3.86. The standard InChI is InChI=1S/C15H18B2O4/c1-15(2,11-3-7-13(8-4-11)16(18)19)12-5-9-14(10-6-12)17(20)21/h3-10,18-21H,1-2H3. The van der Waals surface area contributed by atoms with Crippen LogP contribution in [-0.4, -0.2) is 34.3 Å². The lowest BCUT2D eigenvalue weighted by atomic mass is 9.73. The number of benzene rings is 2. The maximum atomic E-state index is 9.13. The Morgan fingerprint density at radius 3 is 1.14 bits per heavy atom. The summed E-state index contributed by atoms with van der Waals surface area (Å²) >= 11 is 0. The fourth-order valence-corrected chi connectivity index (χ4v) is 2.31. The van der Waals surface area contributed by atoms with E-state index < -0.39 is 14.2 Å². The molecular weight excluding hydrogens is 266 g/mol. The Labute approximate surface area is 125 Å². The molecule has 0 atom stereocenters. The highest BCUT2D eigenvalue weighted by atomic mass is 16.4. The van der Waals surface area contributed by atoms with E-state index in [1.807, 2.05) is 24.3 Å². The quantitative estimate of drug-likeness (QED) is 0.564. The van der Waals surface area contributed by atoms with Gasteiger partial charge in [0.05, 0.1) is 0 Å². The molecule has 0 saturated carbocycles. The smallest absolute Gasteiger partial charge is 0.423 e. The maximum Gasteiger partial charge on any atom is 0.488 e. The van der Waals surface area contributed by atoms with Crippen molar-refractivity contribution in [2.24, 2.45) is 0 Å². The first-order valence-electron chi connectivity index (χ1n) is 6.75. The van der Waals surface area contributed by atoms with E-state index in [1.54, 1.807) is 24.3 Å². The number of rotatable bonds is 4. The minimum absolute atomic E-state index is 0.280. The van der Waals surface area contributed by atoms with Gasteiger partial charge < -0.3 is 20.1 Å². The molecule has 0 aliphatic carbocycles. The van der Waals surface area contributed by atoms with Crippen molar-refractivity contribution in [3.8, 4) is 0 Å². The van der Waals surface area contributed by atoms with Crippen molar-refractivity contribution in [1.29, 1.82) is 0 Å². The fraction of sp³-hybridized carbons (Fsp3) is 0.200. The molecule has 4 nitrogen and oxygen atoms in total. The lowest BCUT2D eigenvalue weighted by Crippen LogP contribution is -2.31. The molecule has 0 aromatic heterocycles. The zero-order chi connectivity index (χ0) is 15.6. The van der Waals surface area contributed by atoms with Gasteiger partial charge in [0.25, 0.3) is 0 Å². The van der Waals surface area contributed by atoms with E-state index in [4.69, 9.17) is 20.1 Å². The average molecular weight is 284 g/mol. The Kier molecular flexibility index (Phi) is 4.54. The van der Waals surface area contributed by atoms with Crippen LogP contribution in [0.3, 0.4) is 0 Å². The van der Waals surface area contributed by atoms with Gasteiger partial charge in [0.1, 0.15) is 0 Å². The van der Waals surface area contributed by atoms with Crippen LogP contribution >= 0.6 is 0 Å². The predicted molar refractivity (Wildman–Crippen MR) is 84.7 cm³/mol. The molecule has 0 spiro atoms. The molecule has 0 saturated heterocycles. The van der Waals surface area contributed by atoms with E-state index in [0.717, 1.165) is 11.1 Å². The van der Waals surface area contributed by atoms with E-state index >= 15 is 0 Å². The van der Waals surface area contributed by atoms with Crippen molar-refractivity contribution in [3.63, 3.8) is 0 Å². The van der Waals surface area contributed by atoms with Gasteiger partial charge in [0, 0.05) is 5.41 Å². The van der Waals surface area contributed by atoms with E-state index in [0.29, 0.717) is 10.9 Å². The third-order valence-electron chi connectivity index (χ3n) is 3.86. The number of hydrogen-bond donors (Lipinski definition) is 4. The van der Waals surface area contributed by atoms with Gasteiger partial charge in [-0.05, 0) is 22.1 Å². The first kappa shape index (κ1) is 15.8. The first-order chi connectivity index (χ1) is 9.82. The summed E-state index contributed by atoms with van der Waals surface area (Å²) in [5.74, 6) is 0. The molecule has 0 radical (unpaired) electrons. The molecule has 0 aliphatic heterocycles. The summed E-state index contributed by atoms with van der Waals surface area (Å²) in [6.07, 6.45) is 0.